The Hall–Kier alpha value is -2.05. The van der Waals surface area contributed by atoms with E-state index in [2.05, 4.69) is 15.6 Å². The van der Waals surface area contributed by atoms with Crippen LogP contribution in [0.4, 0.5) is 4.79 Å². The van der Waals surface area contributed by atoms with E-state index in [9.17, 15) is 9.59 Å². The minimum Gasteiger partial charge on any atom is -0.476 e. The van der Waals surface area contributed by atoms with Gasteiger partial charge in [-0.15, -0.1) is 0 Å². The van der Waals surface area contributed by atoms with Crippen LogP contribution in [0.15, 0.2) is 12.5 Å². The quantitative estimate of drug-likeness (QED) is 0.676. The first-order valence-corrected chi connectivity index (χ1v) is 6.42. The van der Waals surface area contributed by atoms with E-state index in [0.29, 0.717) is 19.6 Å². The topological polar surface area (TPSA) is 96.3 Å². The van der Waals surface area contributed by atoms with Gasteiger partial charge >= 0.3 is 12.0 Å². The van der Waals surface area contributed by atoms with Gasteiger partial charge in [0.25, 0.3) is 0 Å². The summed E-state index contributed by atoms with van der Waals surface area (Å²) in [6.45, 7) is 1.64. The average Bonchev–Trinajstić information content (AvgIpc) is 3.05. The molecule has 0 atom stereocenters. The van der Waals surface area contributed by atoms with E-state index in [0.717, 1.165) is 12.3 Å². The van der Waals surface area contributed by atoms with Crippen molar-refractivity contribution >= 4 is 12.0 Å². The first-order chi connectivity index (χ1) is 9.15. The third kappa shape index (κ3) is 4.61. The summed E-state index contributed by atoms with van der Waals surface area (Å²) >= 11 is 0. The van der Waals surface area contributed by atoms with Gasteiger partial charge in [0, 0.05) is 25.8 Å². The monoisotopic (exact) mass is 266 g/mol. The summed E-state index contributed by atoms with van der Waals surface area (Å²) in [5.41, 5.74) is 0.00823. The van der Waals surface area contributed by atoms with Crippen molar-refractivity contribution in [3.63, 3.8) is 0 Å². The second-order valence-corrected chi connectivity index (χ2v) is 4.72. The van der Waals surface area contributed by atoms with Gasteiger partial charge in [-0.1, -0.05) is 12.8 Å². The molecule has 0 spiro atoms. The summed E-state index contributed by atoms with van der Waals surface area (Å²) in [5.74, 6) is -0.245. The number of aromatic nitrogens is 2. The molecule has 1 saturated carbocycles. The molecule has 0 radical (unpaired) electrons. The van der Waals surface area contributed by atoms with Crippen molar-refractivity contribution < 1.29 is 14.7 Å². The second-order valence-electron chi connectivity index (χ2n) is 4.72. The molecule has 0 bridgehead atoms. The van der Waals surface area contributed by atoms with Crippen molar-refractivity contribution in [1.82, 2.24) is 20.2 Å². The van der Waals surface area contributed by atoms with Crippen LogP contribution < -0.4 is 10.6 Å². The lowest BCUT2D eigenvalue weighted by atomic mass is 10.3. The number of amides is 2. The molecule has 104 valence electrons. The van der Waals surface area contributed by atoms with Crippen molar-refractivity contribution in [2.45, 2.75) is 25.8 Å². The Kier molecular flexibility index (Phi) is 4.38. The fraction of sp³-hybridized carbons (Fsp3) is 0.583. The number of imidazole rings is 1. The molecule has 1 aromatic heterocycles. The van der Waals surface area contributed by atoms with Crippen molar-refractivity contribution in [2.24, 2.45) is 5.92 Å². The molecule has 0 aromatic carbocycles. The van der Waals surface area contributed by atoms with Crippen molar-refractivity contribution in [3.8, 4) is 0 Å². The third-order valence-corrected chi connectivity index (χ3v) is 3.04. The van der Waals surface area contributed by atoms with Crippen LogP contribution in [0.3, 0.4) is 0 Å². The summed E-state index contributed by atoms with van der Waals surface area (Å²) in [6, 6.07) is -0.181. The first-order valence-electron chi connectivity index (χ1n) is 6.42. The van der Waals surface area contributed by atoms with Crippen molar-refractivity contribution in [1.29, 1.82) is 0 Å². The smallest absolute Gasteiger partial charge is 0.356 e. The Morgan fingerprint density at radius 2 is 2.11 bits per heavy atom. The Morgan fingerprint density at radius 1 is 1.37 bits per heavy atom. The molecular weight excluding hydrogens is 248 g/mol. The normalized spacial score (nSPS) is 14.1. The molecule has 0 aliphatic heterocycles. The Morgan fingerprint density at radius 3 is 2.74 bits per heavy atom. The summed E-state index contributed by atoms with van der Waals surface area (Å²) in [4.78, 5) is 25.8. The number of aromatic carboxylic acids is 1. The molecule has 1 aliphatic carbocycles. The molecule has 1 fully saturated rings. The van der Waals surface area contributed by atoms with Gasteiger partial charge in [0.05, 0.1) is 6.33 Å². The first kappa shape index (κ1) is 13.4. The van der Waals surface area contributed by atoms with Gasteiger partial charge in [0.2, 0.25) is 0 Å². The zero-order valence-electron chi connectivity index (χ0n) is 10.6. The van der Waals surface area contributed by atoms with E-state index < -0.39 is 5.97 Å². The van der Waals surface area contributed by atoms with Crippen LogP contribution in [0, 0.1) is 5.92 Å². The fourth-order valence-electron chi connectivity index (χ4n) is 1.75. The minimum atomic E-state index is -1.05. The molecule has 2 rings (SSSR count). The Bertz CT molecular complexity index is 454. The number of nitrogens with zero attached hydrogens (tertiary/aromatic N) is 2. The molecule has 2 amide bonds. The van der Waals surface area contributed by atoms with Crippen molar-refractivity contribution in [3.05, 3.63) is 18.2 Å². The van der Waals surface area contributed by atoms with E-state index in [1.165, 1.54) is 25.4 Å². The lowest BCUT2D eigenvalue weighted by Crippen LogP contribution is -2.37. The maximum Gasteiger partial charge on any atom is 0.356 e. The molecular formula is C12H18N4O3. The molecule has 0 saturated heterocycles. The highest BCUT2D eigenvalue weighted by atomic mass is 16.4. The van der Waals surface area contributed by atoms with Gasteiger partial charge in [0.1, 0.15) is 0 Å². The minimum absolute atomic E-state index is 0.00823. The number of rotatable bonds is 7. The van der Waals surface area contributed by atoms with Crippen LogP contribution in [-0.2, 0) is 6.54 Å². The van der Waals surface area contributed by atoms with Crippen LogP contribution in [0.5, 0.6) is 0 Å². The molecule has 1 aromatic rings. The molecule has 1 heterocycles. The van der Waals surface area contributed by atoms with Crippen LogP contribution in [0.1, 0.15) is 29.8 Å². The highest BCUT2D eigenvalue weighted by Crippen LogP contribution is 2.31. The zero-order valence-corrected chi connectivity index (χ0v) is 10.6. The fourth-order valence-corrected chi connectivity index (χ4v) is 1.75. The van der Waals surface area contributed by atoms with Gasteiger partial charge in [-0.3, -0.25) is 0 Å². The number of carboxylic acid groups (broad SMARTS) is 1. The summed E-state index contributed by atoms with van der Waals surface area (Å²) in [7, 11) is 0. The Balaban J connectivity index is 1.59. The molecule has 1 aliphatic rings. The summed E-state index contributed by atoms with van der Waals surface area (Å²) in [6.07, 6.45) is 6.51. The van der Waals surface area contributed by atoms with E-state index in [1.807, 2.05) is 0 Å². The van der Waals surface area contributed by atoms with E-state index in [4.69, 9.17) is 5.11 Å². The molecule has 19 heavy (non-hydrogen) atoms. The number of urea groups is 1. The molecule has 3 N–H and O–H groups in total. The van der Waals surface area contributed by atoms with Gasteiger partial charge in [-0.25, -0.2) is 14.6 Å². The van der Waals surface area contributed by atoms with Gasteiger partial charge < -0.3 is 20.3 Å². The lowest BCUT2D eigenvalue weighted by Gasteiger charge is -2.07. The predicted octanol–water partition coefficient (Wildman–Crippen LogP) is 0.681. The van der Waals surface area contributed by atoms with Crippen LogP contribution in [0.25, 0.3) is 0 Å². The molecule has 7 nitrogen and oxygen atoms in total. The maximum absolute atomic E-state index is 11.4. The number of carboxylic acids is 1. The van der Waals surface area contributed by atoms with Crippen molar-refractivity contribution in [2.75, 3.05) is 13.1 Å². The van der Waals surface area contributed by atoms with Crippen LogP contribution in [-0.4, -0.2) is 39.7 Å². The van der Waals surface area contributed by atoms with Gasteiger partial charge in [-0.05, 0) is 12.3 Å². The molecule has 7 heteroatoms. The van der Waals surface area contributed by atoms with Gasteiger partial charge in [0.15, 0.2) is 5.69 Å². The second kappa shape index (κ2) is 6.21. The van der Waals surface area contributed by atoms with E-state index >= 15 is 0 Å². The molecule has 0 unspecified atom stereocenters. The standard InChI is InChI=1S/C12H18N4O3/c17-11(18)10-7-16(8-15-10)6-5-14-12(19)13-4-3-9-1-2-9/h7-9H,1-6H2,(H,17,18)(H2,13,14,19). The SMILES string of the molecule is O=C(NCCC1CC1)NCCn1cnc(C(=O)O)c1. The third-order valence-electron chi connectivity index (χ3n) is 3.04. The summed E-state index contributed by atoms with van der Waals surface area (Å²) < 4.78 is 1.63. The number of nitrogens with one attached hydrogen (secondary N) is 2. The van der Waals surface area contributed by atoms with Crippen LogP contribution >= 0.6 is 0 Å². The van der Waals surface area contributed by atoms with E-state index in [1.54, 1.807) is 4.57 Å². The number of hydrogen-bond donors (Lipinski definition) is 3. The highest BCUT2D eigenvalue weighted by Gasteiger charge is 2.20. The number of hydrogen-bond acceptors (Lipinski definition) is 3. The Labute approximate surface area is 111 Å². The lowest BCUT2D eigenvalue weighted by molar-refractivity contribution is 0.0691. The maximum atomic E-state index is 11.4. The zero-order chi connectivity index (χ0) is 13.7. The number of carbonyl (C=O) groups is 2. The highest BCUT2D eigenvalue weighted by molar-refractivity contribution is 5.84. The predicted molar refractivity (Wildman–Crippen MR) is 67.9 cm³/mol. The average molecular weight is 266 g/mol. The summed E-state index contributed by atoms with van der Waals surface area (Å²) in [5, 5.41) is 14.2. The largest absolute Gasteiger partial charge is 0.476 e. The van der Waals surface area contributed by atoms with Crippen LogP contribution in [0.2, 0.25) is 0 Å². The number of carbonyl (C=O) groups excluding carboxylic acids is 1. The van der Waals surface area contributed by atoms with Gasteiger partial charge in [-0.2, -0.15) is 0 Å². The van der Waals surface area contributed by atoms with E-state index in [-0.39, 0.29) is 11.7 Å².